The van der Waals surface area contributed by atoms with E-state index in [9.17, 15) is 4.79 Å². The molecule has 1 aliphatic heterocycles. The predicted octanol–water partition coefficient (Wildman–Crippen LogP) is 2.16. The van der Waals surface area contributed by atoms with Gasteiger partial charge in [-0.3, -0.25) is 9.78 Å². The van der Waals surface area contributed by atoms with Crippen molar-refractivity contribution in [2.24, 2.45) is 0 Å². The van der Waals surface area contributed by atoms with Crippen LogP contribution < -0.4 is 0 Å². The average molecular weight is 275 g/mol. The molecule has 0 N–H and O–H groups in total. The van der Waals surface area contributed by atoms with Crippen LogP contribution >= 0.6 is 0 Å². The van der Waals surface area contributed by atoms with Crippen molar-refractivity contribution in [3.05, 3.63) is 29.6 Å². The maximum absolute atomic E-state index is 12.4. The van der Waals surface area contributed by atoms with E-state index < -0.39 is 0 Å². The molecule has 1 aromatic heterocycles. The lowest BCUT2D eigenvalue weighted by Gasteiger charge is -2.21. The van der Waals surface area contributed by atoms with Gasteiger partial charge in [-0.1, -0.05) is 20.8 Å². The maximum Gasteiger partial charge on any atom is 0.255 e. The van der Waals surface area contributed by atoms with Gasteiger partial charge in [-0.25, -0.2) is 0 Å². The molecule has 0 unspecified atom stereocenters. The first kappa shape index (κ1) is 15.0. The van der Waals surface area contributed by atoms with Gasteiger partial charge in [0.1, 0.15) is 0 Å². The highest BCUT2D eigenvalue weighted by atomic mass is 16.2. The van der Waals surface area contributed by atoms with Crippen LogP contribution in [0.25, 0.3) is 0 Å². The Bertz CT molecular complexity index is 473. The molecular formula is C16H25N3O. The number of aromatic nitrogens is 1. The molecule has 0 radical (unpaired) electrons. The van der Waals surface area contributed by atoms with Crippen LogP contribution in [-0.2, 0) is 5.41 Å². The molecule has 0 aliphatic carbocycles. The number of hydrogen-bond acceptors (Lipinski definition) is 3. The fourth-order valence-electron chi connectivity index (χ4n) is 2.49. The Hall–Kier alpha value is -1.42. The summed E-state index contributed by atoms with van der Waals surface area (Å²) in [7, 11) is 4.14. The molecule has 4 heteroatoms. The third-order valence-corrected chi connectivity index (χ3v) is 3.96. The van der Waals surface area contributed by atoms with Crippen LogP contribution in [0.1, 0.15) is 43.2 Å². The molecule has 20 heavy (non-hydrogen) atoms. The molecule has 0 spiro atoms. The SMILES string of the molecule is CN(C)[C@H]1CCN(C(=O)c2ccc(C(C)(C)C)nc2)C1. The highest BCUT2D eigenvalue weighted by Gasteiger charge is 2.28. The second-order valence-corrected chi connectivity index (χ2v) is 6.84. The second-order valence-electron chi connectivity index (χ2n) is 6.84. The van der Waals surface area contributed by atoms with Crippen LogP contribution in [0.15, 0.2) is 18.3 Å². The van der Waals surface area contributed by atoms with Crippen LogP contribution in [0.3, 0.4) is 0 Å². The molecule has 1 aliphatic rings. The van der Waals surface area contributed by atoms with Crippen LogP contribution in [0.4, 0.5) is 0 Å². The molecule has 1 fully saturated rings. The summed E-state index contributed by atoms with van der Waals surface area (Å²) in [6.45, 7) is 8.02. The zero-order valence-corrected chi connectivity index (χ0v) is 13.2. The van der Waals surface area contributed by atoms with Crippen molar-refractivity contribution in [2.45, 2.75) is 38.6 Å². The van der Waals surface area contributed by atoms with Gasteiger partial charge in [-0.2, -0.15) is 0 Å². The number of nitrogens with zero attached hydrogens (tertiary/aromatic N) is 3. The van der Waals surface area contributed by atoms with E-state index in [1.54, 1.807) is 6.20 Å². The second kappa shape index (κ2) is 5.52. The highest BCUT2D eigenvalue weighted by Crippen LogP contribution is 2.21. The molecule has 110 valence electrons. The minimum absolute atomic E-state index is 0.0191. The van der Waals surface area contributed by atoms with Crippen molar-refractivity contribution in [3.63, 3.8) is 0 Å². The van der Waals surface area contributed by atoms with Crippen LogP contribution in [0, 0.1) is 0 Å². The summed E-state index contributed by atoms with van der Waals surface area (Å²) in [6, 6.07) is 4.34. The topological polar surface area (TPSA) is 36.4 Å². The summed E-state index contributed by atoms with van der Waals surface area (Å²) in [5.74, 6) is 0.0994. The van der Waals surface area contributed by atoms with Crippen LogP contribution in [0.5, 0.6) is 0 Å². The summed E-state index contributed by atoms with van der Waals surface area (Å²) < 4.78 is 0. The molecule has 4 nitrogen and oxygen atoms in total. The average Bonchev–Trinajstić information content (AvgIpc) is 2.86. The van der Waals surface area contributed by atoms with Gasteiger partial charge in [0.25, 0.3) is 5.91 Å². The lowest BCUT2D eigenvalue weighted by molar-refractivity contribution is 0.0782. The number of carbonyl (C=O) groups is 1. The van der Waals surface area contributed by atoms with E-state index in [2.05, 4.69) is 44.8 Å². The van der Waals surface area contributed by atoms with Crippen molar-refractivity contribution in [2.75, 3.05) is 27.2 Å². The van der Waals surface area contributed by atoms with Crippen LogP contribution in [0.2, 0.25) is 0 Å². The quantitative estimate of drug-likeness (QED) is 0.830. The van der Waals surface area contributed by atoms with Gasteiger partial charge < -0.3 is 9.80 Å². The van der Waals surface area contributed by atoms with Crippen molar-refractivity contribution in [1.29, 1.82) is 0 Å². The van der Waals surface area contributed by atoms with E-state index in [1.807, 2.05) is 17.0 Å². The predicted molar refractivity (Wildman–Crippen MR) is 80.9 cm³/mol. The molecule has 1 aromatic rings. The first-order chi connectivity index (χ1) is 9.29. The smallest absolute Gasteiger partial charge is 0.255 e. The van der Waals surface area contributed by atoms with Crippen LogP contribution in [-0.4, -0.2) is 53.9 Å². The largest absolute Gasteiger partial charge is 0.337 e. The third-order valence-electron chi connectivity index (χ3n) is 3.96. The Morgan fingerprint density at radius 2 is 2.05 bits per heavy atom. The molecule has 1 atom stereocenters. The molecule has 2 heterocycles. The Morgan fingerprint density at radius 1 is 1.35 bits per heavy atom. The van der Waals surface area contributed by atoms with Crippen molar-refractivity contribution in [3.8, 4) is 0 Å². The fraction of sp³-hybridized carbons (Fsp3) is 0.625. The molecular weight excluding hydrogens is 250 g/mol. The van der Waals surface area contributed by atoms with Gasteiger partial charge in [-0.05, 0) is 32.6 Å². The molecule has 2 rings (SSSR count). The van der Waals surface area contributed by atoms with E-state index >= 15 is 0 Å². The third kappa shape index (κ3) is 3.18. The van der Waals surface area contributed by atoms with Gasteiger partial charge in [0, 0.05) is 36.4 Å². The Balaban J connectivity index is 2.07. The van der Waals surface area contributed by atoms with Gasteiger partial charge >= 0.3 is 0 Å². The van der Waals surface area contributed by atoms with Crippen molar-refractivity contribution < 1.29 is 4.79 Å². The lowest BCUT2D eigenvalue weighted by atomic mass is 9.91. The normalized spacial score (nSPS) is 19.7. The molecule has 0 aromatic carbocycles. The number of likely N-dealkylation sites (tertiary alicyclic amines) is 1. The van der Waals surface area contributed by atoms with E-state index in [4.69, 9.17) is 0 Å². The van der Waals surface area contributed by atoms with E-state index in [0.717, 1.165) is 25.2 Å². The summed E-state index contributed by atoms with van der Waals surface area (Å²) in [5, 5.41) is 0. The molecule has 0 bridgehead atoms. The van der Waals surface area contributed by atoms with Gasteiger partial charge in [0.2, 0.25) is 0 Å². The number of carbonyl (C=O) groups excluding carboxylic acids is 1. The number of hydrogen-bond donors (Lipinski definition) is 0. The number of pyridine rings is 1. The fourth-order valence-corrected chi connectivity index (χ4v) is 2.49. The molecule has 1 amide bonds. The zero-order valence-electron chi connectivity index (χ0n) is 13.2. The van der Waals surface area contributed by atoms with Gasteiger partial charge in [-0.15, -0.1) is 0 Å². The number of amides is 1. The van der Waals surface area contributed by atoms with Gasteiger partial charge in [0.05, 0.1) is 5.56 Å². The van der Waals surface area contributed by atoms with Gasteiger partial charge in [0.15, 0.2) is 0 Å². The minimum Gasteiger partial charge on any atom is -0.337 e. The summed E-state index contributed by atoms with van der Waals surface area (Å²) in [5.41, 5.74) is 1.73. The Morgan fingerprint density at radius 3 is 2.50 bits per heavy atom. The maximum atomic E-state index is 12.4. The Kier molecular flexibility index (Phi) is 4.14. The zero-order chi connectivity index (χ0) is 14.9. The first-order valence-corrected chi connectivity index (χ1v) is 7.21. The monoisotopic (exact) mass is 275 g/mol. The molecule has 0 saturated carbocycles. The summed E-state index contributed by atoms with van der Waals surface area (Å²) >= 11 is 0. The number of likely N-dealkylation sites (N-methyl/N-ethyl adjacent to an activating group) is 1. The lowest BCUT2D eigenvalue weighted by Crippen LogP contribution is -2.34. The van der Waals surface area contributed by atoms with Crippen molar-refractivity contribution in [1.82, 2.24) is 14.8 Å². The summed E-state index contributed by atoms with van der Waals surface area (Å²) in [6.07, 6.45) is 2.76. The molecule has 1 saturated heterocycles. The first-order valence-electron chi connectivity index (χ1n) is 7.21. The highest BCUT2D eigenvalue weighted by molar-refractivity contribution is 5.94. The van der Waals surface area contributed by atoms with Crippen molar-refractivity contribution >= 4 is 5.91 Å². The van der Waals surface area contributed by atoms with E-state index in [1.165, 1.54) is 0 Å². The summed E-state index contributed by atoms with van der Waals surface area (Å²) in [4.78, 5) is 21.0. The standard InChI is InChI=1S/C16H25N3O/c1-16(2,3)14-7-6-12(10-17-14)15(20)19-9-8-13(11-19)18(4)5/h6-7,10,13H,8-9,11H2,1-5H3/t13-/m0/s1. The number of rotatable bonds is 2. The minimum atomic E-state index is 0.0191. The Labute approximate surface area is 121 Å². The van der Waals surface area contributed by atoms with E-state index in [-0.39, 0.29) is 11.3 Å². The van der Waals surface area contributed by atoms with E-state index in [0.29, 0.717) is 11.6 Å².